The fraction of sp³-hybridized carbons (Fsp3) is 0.263. The smallest absolute Gasteiger partial charge is 0.224 e. The van der Waals surface area contributed by atoms with Crippen molar-refractivity contribution in [3.63, 3.8) is 0 Å². The van der Waals surface area contributed by atoms with Gasteiger partial charge in [-0.3, -0.25) is 9.59 Å². The molecule has 27 heavy (non-hydrogen) atoms. The number of methoxy groups -OCH3 is 2. The number of carbonyl (C=O) groups excluding carboxylic acids is 2. The summed E-state index contributed by atoms with van der Waals surface area (Å²) in [6, 6.07) is 5.04. The SMILES string of the molecule is COc1cc(CC(=O)NCc2cnn3cccnc23)c(C(C)=O)cc1OC. The quantitative estimate of drug-likeness (QED) is 0.639. The van der Waals surface area contributed by atoms with Gasteiger partial charge >= 0.3 is 0 Å². The lowest BCUT2D eigenvalue weighted by atomic mass is 10.00. The number of aromatic nitrogens is 3. The Morgan fingerprint density at radius 1 is 1.15 bits per heavy atom. The molecule has 0 bridgehead atoms. The molecule has 0 aliphatic carbocycles. The fourth-order valence-corrected chi connectivity index (χ4v) is 2.83. The Kier molecular flexibility index (Phi) is 5.35. The molecule has 1 aromatic carbocycles. The Labute approximate surface area is 156 Å². The summed E-state index contributed by atoms with van der Waals surface area (Å²) >= 11 is 0. The number of ketones is 1. The monoisotopic (exact) mass is 368 g/mol. The Morgan fingerprint density at radius 3 is 2.59 bits per heavy atom. The van der Waals surface area contributed by atoms with E-state index in [1.54, 1.807) is 41.3 Å². The van der Waals surface area contributed by atoms with E-state index in [1.165, 1.54) is 21.1 Å². The largest absolute Gasteiger partial charge is 0.493 e. The maximum Gasteiger partial charge on any atom is 0.224 e. The van der Waals surface area contributed by atoms with E-state index >= 15 is 0 Å². The number of amides is 1. The highest BCUT2D eigenvalue weighted by molar-refractivity contribution is 5.97. The zero-order valence-electron chi connectivity index (χ0n) is 15.4. The number of rotatable bonds is 7. The lowest BCUT2D eigenvalue weighted by Gasteiger charge is -2.13. The number of nitrogens with one attached hydrogen (secondary N) is 1. The summed E-state index contributed by atoms with van der Waals surface area (Å²) in [5.41, 5.74) is 2.51. The molecule has 0 aliphatic heterocycles. The van der Waals surface area contributed by atoms with Gasteiger partial charge in [-0.05, 0) is 30.7 Å². The van der Waals surface area contributed by atoms with Crippen molar-refractivity contribution in [2.75, 3.05) is 14.2 Å². The van der Waals surface area contributed by atoms with Crippen LogP contribution in [-0.2, 0) is 17.8 Å². The van der Waals surface area contributed by atoms with Gasteiger partial charge in [-0.2, -0.15) is 5.10 Å². The number of benzene rings is 1. The minimum atomic E-state index is -0.222. The van der Waals surface area contributed by atoms with Crippen LogP contribution in [0.25, 0.3) is 5.65 Å². The molecular weight excluding hydrogens is 348 g/mol. The van der Waals surface area contributed by atoms with Gasteiger partial charge in [0, 0.05) is 30.1 Å². The molecule has 0 saturated heterocycles. The second-order valence-corrected chi connectivity index (χ2v) is 5.93. The van der Waals surface area contributed by atoms with Crippen LogP contribution in [-0.4, -0.2) is 40.5 Å². The van der Waals surface area contributed by atoms with Crippen LogP contribution < -0.4 is 14.8 Å². The number of hydrogen-bond donors (Lipinski definition) is 1. The second kappa shape index (κ2) is 7.86. The number of ether oxygens (including phenoxy) is 2. The third kappa shape index (κ3) is 3.89. The first-order valence-electron chi connectivity index (χ1n) is 8.33. The second-order valence-electron chi connectivity index (χ2n) is 5.93. The minimum absolute atomic E-state index is 0.0436. The van der Waals surface area contributed by atoms with Crippen molar-refractivity contribution in [3.8, 4) is 11.5 Å². The summed E-state index contributed by atoms with van der Waals surface area (Å²) < 4.78 is 12.1. The van der Waals surface area contributed by atoms with Gasteiger partial charge < -0.3 is 14.8 Å². The molecule has 3 aromatic rings. The molecule has 8 nitrogen and oxygen atoms in total. The summed E-state index contributed by atoms with van der Waals surface area (Å²) in [6.45, 7) is 1.75. The first kappa shape index (κ1) is 18.4. The minimum Gasteiger partial charge on any atom is -0.493 e. The van der Waals surface area contributed by atoms with Gasteiger partial charge in [0.1, 0.15) is 0 Å². The van der Waals surface area contributed by atoms with Crippen molar-refractivity contribution in [3.05, 3.63) is 53.5 Å². The highest BCUT2D eigenvalue weighted by Crippen LogP contribution is 2.31. The molecule has 140 valence electrons. The molecule has 0 aliphatic rings. The zero-order valence-corrected chi connectivity index (χ0v) is 15.4. The summed E-state index contributed by atoms with van der Waals surface area (Å²) in [4.78, 5) is 28.6. The van der Waals surface area contributed by atoms with E-state index in [1.807, 2.05) is 0 Å². The number of carbonyl (C=O) groups is 2. The van der Waals surface area contributed by atoms with E-state index < -0.39 is 0 Å². The molecular formula is C19H20N4O4. The number of hydrogen-bond acceptors (Lipinski definition) is 6. The molecule has 0 spiro atoms. The van der Waals surface area contributed by atoms with Crippen molar-refractivity contribution in [1.82, 2.24) is 19.9 Å². The van der Waals surface area contributed by atoms with E-state index in [0.717, 1.165) is 5.56 Å². The Bertz CT molecular complexity index is 997. The van der Waals surface area contributed by atoms with E-state index in [4.69, 9.17) is 9.47 Å². The molecule has 0 saturated carbocycles. The van der Waals surface area contributed by atoms with Crippen LogP contribution in [0.5, 0.6) is 11.5 Å². The summed E-state index contributed by atoms with van der Waals surface area (Å²) in [5.74, 6) is 0.548. The number of fused-ring (bicyclic) bond motifs is 1. The maximum atomic E-state index is 12.4. The zero-order chi connectivity index (χ0) is 19.4. The maximum absolute atomic E-state index is 12.4. The molecule has 1 N–H and O–H groups in total. The van der Waals surface area contributed by atoms with Crippen LogP contribution in [0, 0.1) is 0 Å². The molecule has 2 aromatic heterocycles. The standard InChI is InChI=1S/C19H20N4O4/c1-12(24)15-9-17(27-3)16(26-2)7-13(15)8-18(25)21-10-14-11-22-23-6-4-5-20-19(14)23/h4-7,9,11H,8,10H2,1-3H3,(H,21,25). The Hall–Kier alpha value is -3.42. The third-order valence-corrected chi connectivity index (χ3v) is 4.17. The van der Waals surface area contributed by atoms with E-state index in [2.05, 4.69) is 15.4 Å². The average molecular weight is 368 g/mol. The predicted octanol–water partition coefficient (Wildman–Crippen LogP) is 1.81. The first-order chi connectivity index (χ1) is 13.0. The van der Waals surface area contributed by atoms with Crippen molar-refractivity contribution in [2.24, 2.45) is 0 Å². The average Bonchev–Trinajstić information content (AvgIpc) is 3.09. The molecule has 3 rings (SSSR count). The summed E-state index contributed by atoms with van der Waals surface area (Å²) in [7, 11) is 3.01. The molecule has 1 amide bonds. The van der Waals surface area contributed by atoms with Crippen molar-refractivity contribution in [1.29, 1.82) is 0 Å². The van der Waals surface area contributed by atoms with Crippen LogP contribution in [0.1, 0.15) is 28.4 Å². The van der Waals surface area contributed by atoms with E-state index in [-0.39, 0.29) is 18.1 Å². The summed E-state index contributed by atoms with van der Waals surface area (Å²) in [5, 5.41) is 7.03. The molecule has 0 unspecified atom stereocenters. The number of Topliss-reactive ketones (excluding diaryl/α,β-unsaturated/α-hetero) is 1. The van der Waals surface area contributed by atoms with Gasteiger partial charge in [0.25, 0.3) is 0 Å². The Balaban J connectivity index is 1.76. The van der Waals surface area contributed by atoms with Gasteiger partial charge in [0.15, 0.2) is 22.9 Å². The Morgan fingerprint density at radius 2 is 1.89 bits per heavy atom. The molecule has 0 fully saturated rings. The molecule has 0 atom stereocenters. The van der Waals surface area contributed by atoms with Crippen LogP contribution in [0.4, 0.5) is 0 Å². The van der Waals surface area contributed by atoms with Crippen LogP contribution >= 0.6 is 0 Å². The lowest BCUT2D eigenvalue weighted by Crippen LogP contribution is -2.25. The molecule has 2 heterocycles. The summed E-state index contributed by atoms with van der Waals surface area (Å²) in [6.07, 6.45) is 5.17. The first-order valence-corrected chi connectivity index (χ1v) is 8.33. The van der Waals surface area contributed by atoms with Crippen molar-refractivity contribution in [2.45, 2.75) is 19.9 Å². The van der Waals surface area contributed by atoms with Crippen LogP contribution in [0.3, 0.4) is 0 Å². The van der Waals surface area contributed by atoms with Crippen LogP contribution in [0.15, 0.2) is 36.8 Å². The van der Waals surface area contributed by atoms with Crippen molar-refractivity contribution >= 4 is 17.3 Å². The fourth-order valence-electron chi connectivity index (χ4n) is 2.83. The van der Waals surface area contributed by atoms with Crippen molar-refractivity contribution < 1.29 is 19.1 Å². The van der Waals surface area contributed by atoms with E-state index in [0.29, 0.717) is 34.8 Å². The highest BCUT2D eigenvalue weighted by atomic mass is 16.5. The van der Waals surface area contributed by atoms with Crippen LogP contribution in [0.2, 0.25) is 0 Å². The number of nitrogens with zero attached hydrogens (tertiary/aromatic N) is 3. The molecule has 0 radical (unpaired) electrons. The van der Waals surface area contributed by atoms with Gasteiger partial charge in [-0.25, -0.2) is 9.50 Å². The topological polar surface area (TPSA) is 94.8 Å². The highest BCUT2D eigenvalue weighted by Gasteiger charge is 2.17. The van der Waals surface area contributed by atoms with Gasteiger partial charge in [0.05, 0.1) is 26.8 Å². The van der Waals surface area contributed by atoms with E-state index in [9.17, 15) is 9.59 Å². The normalized spacial score (nSPS) is 10.6. The third-order valence-electron chi connectivity index (χ3n) is 4.17. The molecule has 8 heteroatoms. The predicted molar refractivity (Wildman–Crippen MR) is 98.1 cm³/mol. The van der Waals surface area contributed by atoms with Gasteiger partial charge in [-0.15, -0.1) is 0 Å². The lowest BCUT2D eigenvalue weighted by molar-refractivity contribution is -0.120. The van der Waals surface area contributed by atoms with Gasteiger partial charge in [-0.1, -0.05) is 0 Å². The van der Waals surface area contributed by atoms with Gasteiger partial charge in [0.2, 0.25) is 5.91 Å².